The molecule has 1 aliphatic heterocycles. The van der Waals surface area contributed by atoms with E-state index in [4.69, 9.17) is 4.74 Å². The maximum absolute atomic E-state index is 5.24. The van der Waals surface area contributed by atoms with Crippen molar-refractivity contribution >= 4 is 0 Å². The molecule has 3 heteroatoms. The van der Waals surface area contributed by atoms with Gasteiger partial charge in [-0.25, -0.2) is 0 Å². The van der Waals surface area contributed by atoms with E-state index in [1.54, 1.807) is 7.11 Å². The molecule has 0 saturated carbocycles. The van der Waals surface area contributed by atoms with Gasteiger partial charge in [0.25, 0.3) is 0 Å². The quantitative estimate of drug-likeness (QED) is 0.731. The van der Waals surface area contributed by atoms with Gasteiger partial charge in [-0.2, -0.15) is 0 Å². The lowest BCUT2D eigenvalue weighted by atomic mass is 9.94. The van der Waals surface area contributed by atoms with Gasteiger partial charge in [-0.05, 0) is 19.5 Å². The normalized spacial score (nSPS) is 20.8. The fourth-order valence-corrected chi connectivity index (χ4v) is 2.10. The van der Waals surface area contributed by atoms with E-state index in [1.165, 1.54) is 26.1 Å². The fraction of sp³-hybridized carbons (Fsp3) is 1.00. The van der Waals surface area contributed by atoms with Crippen LogP contribution in [0.2, 0.25) is 0 Å². The Labute approximate surface area is 87.8 Å². The van der Waals surface area contributed by atoms with E-state index in [0.717, 1.165) is 19.7 Å². The summed E-state index contributed by atoms with van der Waals surface area (Å²) in [5.41, 5.74) is 0.277. The average Bonchev–Trinajstić information content (AvgIpc) is 2.31. The van der Waals surface area contributed by atoms with Gasteiger partial charge in [0.1, 0.15) is 0 Å². The van der Waals surface area contributed by atoms with E-state index in [2.05, 4.69) is 24.1 Å². The molecule has 1 saturated heterocycles. The van der Waals surface area contributed by atoms with Crippen LogP contribution in [-0.2, 0) is 4.74 Å². The number of nitrogens with one attached hydrogen (secondary N) is 1. The maximum Gasteiger partial charge on any atom is 0.0525 e. The van der Waals surface area contributed by atoms with Crippen molar-refractivity contribution in [2.24, 2.45) is 5.41 Å². The lowest BCUT2D eigenvalue weighted by Gasteiger charge is -2.31. The number of ether oxygens (including phenoxy) is 1. The number of rotatable bonds is 4. The van der Waals surface area contributed by atoms with Crippen molar-refractivity contribution in [1.29, 1.82) is 0 Å². The van der Waals surface area contributed by atoms with Crippen molar-refractivity contribution in [3.8, 4) is 0 Å². The molecule has 0 spiro atoms. The second-order valence-electron chi connectivity index (χ2n) is 4.98. The standard InChI is InChI=1S/C11H24N2O/c1-11(2,10-14-3)9-13-7-4-5-12-6-8-13/h12H,4-10H2,1-3H3. The van der Waals surface area contributed by atoms with Crippen LogP contribution in [0.1, 0.15) is 20.3 Å². The highest BCUT2D eigenvalue weighted by Gasteiger charge is 2.22. The average molecular weight is 200 g/mol. The number of nitrogens with zero attached hydrogens (tertiary/aromatic N) is 1. The van der Waals surface area contributed by atoms with Gasteiger partial charge >= 0.3 is 0 Å². The topological polar surface area (TPSA) is 24.5 Å². The molecule has 0 unspecified atom stereocenters. The second-order valence-corrected chi connectivity index (χ2v) is 4.98. The van der Waals surface area contributed by atoms with E-state index in [1.807, 2.05) is 0 Å². The summed E-state index contributed by atoms with van der Waals surface area (Å²) in [6, 6.07) is 0. The van der Waals surface area contributed by atoms with Crippen molar-refractivity contribution in [1.82, 2.24) is 10.2 Å². The van der Waals surface area contributed by atoms with Gasteiger partial charge in [-0.1, -0.05) is 13.8 Å². The smallest absolute Gasteiger partial charge is 0.0525 e. The minimum absolute atomic E-state index is 0.277. The zero-order valence-electron chi connectivity index (χ0n) is 9.81. The molecular formula is C11H24N2O. The van der Waals surface area contributed by atoms with Crippen LogP contribution in [-0.4, -0.2) is 51.3 Å². The van der Waals surface area contributed by atoms with E-state index in [0.29, 0.717) is 0 Å². The van der Waals surface area contributed by atoms with E-state index in [9.17, 15) is 0 Å². The van der Waals surface area contributed by atoms with Gasteiger partial charge in [-0.3, -0.25) is 0 Å². The molecule has 14 heavy (non-hydrogen) atoms. The van der Waals surface area contributed by atoms with Crippen molar-refractivity contribution < 1.29 is 4.74 Å². The molecule has 1 rings (SSSR count). The lowest BCUT2D eigenvalue weighted by molar-refractivity contribution is 0.0717. The SMILES string of the molecule is COCC(C)(C)CN1CCCNCC1. The highest BCUT2D eigenvalue weighted by Crippen LogP contribution is 2.17. The van der Waals surface area contributed by atoms with Gasteiger partial charge in [-0.15, -0.1) is 0 Å². The van der Waals surface area contributed by atoms with Crippen LogP contribution in [0.15, 0.2) is 0 Å². The van der Waals surface area contributed by atoms with Gasteiger partial charge in [0.05, 0.1) is 6.61 Å². The first-order chi connectivity index (χ1) is 6.64. The summed E-state index contributed by atoms with van der Waals surface area (Å²) in [7, 11) is 1.78. The molecule has 0 atom stereocenters. The Balaban J connectivity index is 2.33. The van der Waals surface area contributed by atoms with Gasteiger partial charge in [0.2, 0.25) is 0 Å². The van der Waals surface area contributed by atoms with Gasteiger partial charge in [0, 0.05) is 32.2 Å². The largest absolute Gasteiger partial charge is 0.384 e. The molecule has 0 amide bonds. The summed E-state index contributed by atoms with van der Waals surface area (Å²) < 4.78 is 5.24. The number of methoxy groups -OCH3 is 1. The zero-order chi connectivity index (χ0) is 10.4. The molecule has 0 bridgehead atoms. The minimum atomic E-state index is 0.277. The predicted molar refractivity (Wildman–Crippen MR) is 59.6 cm³/mol. The Morgan fingerprint density at radius 2 is 2.07 bits per heavy atom. The fourth-order valence-electron chi connectivity index (χ4n) is 2.10. The Morgan fingerprint density at radius 3 is 2.79 bits per heavy atom. The maximum atomic E-state index is 5.24. The predicted octanol–water partition coefficient (Wildman–Crippen LogP) is 0.954. The van der Waals surface area contributed by atoms with Crippen LogP contribution < -0.4 is 5.32 Å². The van der Waals surface area contributed by atoms with Crippen LogP contribution in [0.25, 0.3) is 0 Å². The monoisotopic (exact) mass is 200 g/mol. The first-order valence-electron chi connectivity index (χ1n) is 5.56. The number of hydrogen-bond donors (Lipinski definition) is 1. The third kappa shape index (κ3) is 4.40. The molecule has 1 heterocycles. The summed E-state index contributed by atoms with van der Waals surface area (Å²) in [6.07, 6.45) is 1.27. The van der Waals surface area contributed by atoms with Crippen molar-refractivity contribution in [2.45, 2.75) is 20.3 Å². The molecule has 0 aliphatic carbocycles. The molecule has 0 radical (unpaired) electrons. The molecule has 0 aromatic carbocycles. The van der Waals surface area contributed by atoms with Crippen LogP contribution in [0, 0.1) is 5.41 Å². The Kier molecular flexibility index (Phi) is 4.85. The zero-order valence-corrected chi connectivity index (χ0v) is 9.81. The van der Waals surface area contributed by atoms with E-state index in [-0.39, 0.29) is 5.41 Å². The summed E-state index contributed by atoms with van der Waals surface area (Å²) in [5, 5.41) is 3.42. The number of hydrogen-bond acceptors (Lipinski definition) is 3. The summed E-state index contributed by atoms with van der Waals surface area (Å²) in [4.78, 5) is 2.54. The van der Waals surface area contributed by atoms with E-state index < -0.39 is 0 Å². The third-order valence-electron chi connectivity index (χ3n) is 2.62. The Hall–Kier alpha value is -0.120. The summed E-state index contributed by atoms with van der Waals surface area (Å²) in [6.45, 7) is 11.2. The first kappa shape index (κ1) is 12.0. The van der Waals surface area contributed by atoms with Crippen LogP contribution in [0.5, 0.6) is 0 Å². The highest BCUT2D eigenvalue weighted by atomic mass is 16.5. The summed E-state index contributed by atoms with van der Waals surface area (Å²) in [5.74, 6) is 0. The third-order valence-corrected chi connectivity index (χ3v) is 2.62. The minimum Gasteiger partial charge on any atom is -0.384 e. The molecule has 84 valence electrons. The van der Waals surface area contributed by atoms with Crippen molar-refractivity contribution in [3.05, 3.63) is 0 Å². The van der Waals surface area contributed by atoms with Crippen LogP contribution >= 0.6 is 0 Å². The lowest BCUT2D eigenvalue weighted by Crippen LogP contribution is -2.38. The molecule has 1 N–H and O–H groups in total. The Bertz CT molecular complexity index is 151. The molecular weight excluding hydrogens is 176 g/mol. The van der Waals surface area contributed by atoms with Crippen molar-refractivity contribution in [2.75, 3.05) is 46.4 Å². The second kappa shape index (κ2) is 5.69. The van der Waals surface area contributed by atoms with Crippen LogP contribution in [0.3, 0.4) is 0 Å². The van der Waals surface area contributed by atoms with Gasteiger partial charge < -0.3 is 15.0 Å². The van der Waals surface area contributed by atoms with Gasteiger partial charge in [0.15, 0.2) is 0 Å². The molecule has 1 aliphatic rings. The molecule has 1 fully saturated rings. The van der Waals surface area contributed by atoms with Crippen molar-refractivity contribution in [3.63, 3.8) is 0 Å². The molecule has 0 aromatic heterocycles. The summed E-state index contributed by atoms with van der Waals surface area (Å²) >= 11 is 0. The molecule has 3 nitrogen and oxygen atoms in total. The van der Waals surface area contributed by atoms with Crippen LogP contribution in [0.4, 0.5) is 0 Å². The molecule has 0 aromatic rings. The highest BCUT2D eigenvalue weighted by molar-refractivity contribution is 4.75. The first-order valence-corrected chi connectivity index (χ1v) is 5.56. The Morgan fingerprint density at radius 1 is 1.29 bits per heavy atom. The van der Waals surface area contributed by atoms with E-state index >= 15 is 0 Å².